The maximum Gasteiger partial charge on any atom is 0.223 e. The summed E-state index contributed by atoms with van der Waals surface area (Å²) in [5.41, 5.74) is 5.78. The van der Waals surface area contributed by atoms with Gasteiger partial charge in [-0.25, -0.2) is 9.37 Å². The molecule has 0 aliphatic heterocycles. The van der Waals surface area contributed by atoms with Crippen molar-refractivity contribution >= 4 is 17.7 Å². The van der Waals surface area contributed by atoms with Crippen molar-refractivity contribution < 1.29 is 4.39 Å². The SMILES string of the molecule is Nc1nc(CSc2ccccc2F)nc(C2CCCC2)n1. The van der Waals surface area contributed by atoms with Crippen LogP contribution in [0.5, 0.6) is 0 Å². The van der Waals surface area contributed by atoms with Crippen LogP contribution < -0.4 is 5.73 Å². The first-order valence-corrected chi connectivity index (χ1v) is 8.08. The van der Waals surface area contributed by atoms with Gasteiger partial charge < -0.3 is 5.73 Å². The summed E-state index contributed by atoms with van der Waals surface area (Å²) in [5, 5.41) is 0. The van der Waals surface area contributed by atoms with Crippen LogP contribution in [0.2, 0.25) is 0 Å². The molecule has 1 fully saturated rings. The molecular weight excluding hydrogens is 287 g/mol. The molecule has 21 heavy (non-hydrogen) atoms. The van der Waals surface area contributed by atoms with Crippen LogP contribution in [0.1, 0.15) is 43.3 Å². The molecule has 0 saturated heterocycles. The van der Waals surface area contributed by atoms with Gasteiger partial charge in [-0.05, 0) is 25.0 Å². The lowest BCUT2D eigenvalue weighted by Crippen LogP contribution is -2.09. The van der Waals surface area contributed by atoms with Gasteiger partial charge in [0.2, 0.25) is 5.95 Å². The maximum atomic E-state index is 13.6. The topological polar surface area (TPSA) is 64.7 Å². The molecule has 1 saturated carbocycles. The Balaban J connectivity index is 1.74. The number of nitrogen functional groups attached to an aromatic ring is 1. The Hall–Kier alpha value is -1.69. The highest BCUT2D eigenvalue weighted by molar-refractivity contribution is 7.98. The van der Waals surface area contributed by atoms with Crippen LogP contribution in [0, 0.1) is 5.82 Å². The Morgan fingerprint density at radius 1 is 1.14 bits per heavy atom. The number of hydrogen-bond acceptors (Lipinski definition) is 5. The van der Waals surface area contributed by atoms with Gasteiger partial charge in [-0.1, -0.05) is 25.0 Å². The number of rotatable bonds is 4. The van der Waals surface area contributed by atoms with Gasteiger partial charge in [-0.3, -0.25) is 0 Å². The number of nitrogens with zero attached hydrogens (tertiary/aromatic N) is 3. The number of anilines is 1. The molecule has 1 aliphatic rings. The molecule has 0 bridgehead atoms. The molecule has 1 aliphatic carbocycles. The number of thioether (sulfide) groups is 1. The van der Waals surface area contributed by atoms with E-state index in [2.05, 4.69) is 15.0 Å². The smallest absolute Gasteiger partial charge is 0.223 e. The summed E-state index contributed by atoms with van der Waals surface area (Å²) < 4.78 is 13.6. The lowest BCUT2D eigenvalue weighted by atomic mass is 10.1. The van der Waals surface area contributed by atoms with Gasteiger partial charge in [0.25, 0.3) is 0 Å². The Labute approximate surface area is 127 Å². The zero-order valence-corrected chi connectivity index (χ0v) is 12.4. The standard InChI is InChI=1S/C15H17FN4S/c16-11-7-3-4-8-12(11)21-9-13-18-14(20-15(17)19-13)10-5-1-2-6-10/h3-4,7-8,10H,1-2,5-6,9H2,(H2,17,18,19,20). The molecule has 0 radical (unpaired) electrons. The highest BCUT2D eigenvalue weighted by Gasteiger charge is 2.21. The summed E-state index contributed by atoms with van der Waals surface area (Å²) in [4.78, 5) is 13.5. The molecule has 3 rings (SSSR count). The van der Waals surface area contributed by atoms with Gasteiger partial charge in [0.05, 0.1) is 5.75 Å². The largest absolute Gasteiger partial charge is 0.368 e. The third kappa shape index (κ3) is 3.50. The van der Waals surface area contributed by atoms with Gasteiger partial charge in [-0.15, -0.1) is 11.8 Å². The second-order valence-corrected chi connectivity index (χ2v) is 6.19. The van der Waals surface area contributed by atoms with Crippen LogP contribution >= 0.6 is 11.8 Å². The molecule has 0 unspecified atom stereocenters. The van der Waals surface area contributed by atoms with E-state index in [0.29, 0.717) is 22.4 Å². The Kier molecular flexibility index (Phi) is 4.34. The number of aromatic nitrogens is 3. The fraction of sp³-hybridized carbons (Fsp3) is 0.400. The van der Waals surface area contributed by atoms with E-state index < -0.39 is 0 Å². The molecule has 0 amide bonds. The third-order valence-corrected chi connectivity index (χ3v) is 4.67. The molecule has 6 heteroatoms. The fourth-order valence-electron chi connectivity index (χ4n) is 2.59. The molecule has 1 heterocycles. The summed E-state index contributed by atoms with van der Waals surface area (Å²) in [7, 11) is 0. The predicted molar refractivity (Wildman–Crippen MR) is 81.4 cm³/mol. The monoisotopic (exact) mass is 304 g/mol. The quantitative estimate of drug-likeness (QED) is 0.875. The lowest BCUT2D eigenvalue weighted by Gasteiger charge is -2.09. The van der Waals surface area contributed by atoms with Crippen LogP contribution in [-0.2, 0) is 5.75 Å². The van der Waals surface area contributed by atoms with Crippen molar-refractivity contribution in [2.24, 2.45) is 0 Å². The van der Waals surface area contributed by atoms with E-state index in [9.17, 15) is 4.39 Å². The number of hydrogen-bond donors (Lipinski definition) is 1. The molecule has 4 nitrogen and oxygen atoms in total. The molecule has 110 valence electrons. The molecular formula is C15H17FN4S. The summed E-state index contributed by atoms with van der Waals surface area (Å²) >= 11 is 1.38. The van der Waals surface area contributed by atoms with Crippen LogP contribution in [0.15, 0.2) is 29.2 Å². The van der Waals surface area contributed by atoms with Crippen molar-refractivity contribution in [3.8, 4) is 0 Å². The second-order valence-electron chi connectivity index (χ2n) is 5.17. The lowest BCUT2D eigenvalue weighted by molar-refractivity contribution is 0.602. The number of nitrogens with two attached hydrogens (primary N) is 1. The normalized spacial score (nSPS) is 15.5. The molecule has 1 aromatic carbocycles. The van der Waals surface area contributed by atoms with E-state index in [4.69, 9.17) is 5.73 Å². The van der Waals surface area contributed by atoms with Crippen molar-refractivity contribution in [3.05, 3.63) is 41.7 Å². The Morgan fingerprint density at radius 3 is 2.67 bits per heavy atom. The van der Waals surface area contributed by atoms with Gasteiger partial charge >= 0.3 is 0 Å². The van der Waals surface area contributed by atoms with E-state index in [1.165, 1.54) is 30.7 Å². The summed E-state index contributed by atoms with van der Waals surface area (Å²) in [6.07, 6.45) is 4.66. The van der Waals surface area contributed by atoms with E-state index in [-0.39, 0.29) is 11.8 Å². The van der Waals surface area contributed by atoms with Crippen molar-refractivity contribution in [3.63, 3.8) is 0 Å². The molecule has 0 atom stereocenters. The van der Waals surface area contributed by atoms with E-state index in [0.717, 1.165) is 18.7 Å². The van der Waals surface area contributed by atoms with Crippen molar-refractivity contribution in [1.82, 2.24) is 15.0 Å². The average molecular weight is 304 g/mol. The molecule has 1 aromatic heterocycles. The van der Waals surface area contributed by atoms with Crippen LogP contribution in [-0.4, -0.2) is 15.0 Å². The summed E-state index contributed by atoms with van der Waals surface area (Å²) in [5.74, 6) is 2.35. The minimum absolute atomic E-state index is 0.222. The highest BCUT2D eigenvalue weighted by Crippen LogP contribution is 2.32. The second kappa shape index (κ2) is 6.39. The highest BCUT2D eigenvalue weighted by atomic mass is 32.2. The van der Waals surface area contributed by atoms with Crippen LogP contribution in [0.4, 0.5) is 10.3 Å². The fourth-order valence-corrected chi connectivity index (χ4v) is 3.39. The molecule has 2 N–H and O–H groups in total. The van der Waals surface area contributed by atoms with Gasteiger partial charge in [-0.2, -0.15) is 9.97 Å². The first-order chi connectivity index (χ1) is 10.2. The third-order valence-electron chi connectivity index (χ3n) is 3.63. The van der Waals surface area contributed by atoms with E-state index in [1.807, 2.05) is 6.07 Å². The summed E-state index contributed by atoms with van der Waals surface area (Å²) in [6.45, 7) is 0. The minimum atomic E-state index is -0.222. The van der Waals surface area contributed by atoms with Gasteiger partial charge in [0.1, 0.15) is 17.5 Å². The van der Waals surface area contributed by atoms with Crippen molar-refractivity contribution in [2.45, 2.75) is 42.2 Å². The van der Waals surface area contributed by atoms with Crippen LogP contribution in [0.3, 0.4) is 0 Å². The number of halogens is 1. The van der Waals surface area contributed by atoms with E-state index >= 15 is 0 Å². The van der Waals surface area contributed by atoms with Crippen LogP contribution in [0.25, 0.3) is 0 Å². The average Bonchev–Trinajstić information content (AvgIpc) is 3.00. The van der Waals surface area contributed by atoms with Gasteiger partial charge in [0.15, 0.2) is 0 Å². The first kappa shape index (κ1) is 14.3. The molecule has 0 spiro atoms. The van der Waals surface area contributed by atoms with E-state index in [1.54, 1.807) is 12.1 Å². The Bertz CT molecular complexity index is 629. The zero-order valence-electron chi connectivity index (χ0n) is 11.6. The van der Waals surface area contributed by atoms with Crippen molar-refractivity contribution in [1.29, 1.82) is 0 Å². The molecule has 2 aromatic rings. The van der Waals surface area contributed by atoms with Crippen molar-refractivity contribution in [2.75, 3.05) is 5.73 Å². The minimum Gasteiger partial charge on any atom is -0.368 e. The number of benzene rings is 1. The first-order valence-electron chi connectivity index (χ1n) is 7.10. The predicted octanol–water partition coefficient (Wildman–Crippen LogP) is 3.54. The maximum absolute atomic E-state index is 13.6. The zero-order chi connectivity index (χ0) is 14.7. The summed E-state index contributed by atoms with van der Waals surface area (Å²) in [6, 6.07) is 6.70. The Morgan fingerprint density at radius 2 is 1.90 bits per heavy atom. The van der Waals surface area contributed by atoms with Gasteiger partial charge in [0, 0.05) is 10.8 Å².